The Labute approximate surface area is 123 Å². The fourth-order valence-corrected chi connectivity index (χ4v) is 3.62. The summed E-state index contributed by atoms with van der Waals surface area (Å²) >= 11 is 0. The number of nitrogens with one attached hydrogen (secondary N) is 1. The number of carbonyl (C=O) groups is 1. The molecule has 2 fully saturated rings. The average molecular weight is 284 g/mol. The number of nitrogens with zero attached hydrogens (tertiary/aromatic N) is 3. The van der Waals surface area contributed by atoms with Crippen LogP contribution in [0, 0.1) is 11.3 Å². The zero-order chi connectivity index (χ0) is 14.6. The predicted molar refractivity (Wildman–Crippen MR) is 81.2 cm³/mol. The van der Waals surface area contributed by atoms with Crippen molar-refractivity contribution in [2.45, 2.75) is 32.7 Å². The van der Waals surface area contributed by atoms with Gasteiger partial charge in [-0.15, -0.1) is 5.10 Å². The van der Waals surface area contributed by atoms with E-state index in [9.17, 15) is 4.79 Å². The molecule has 3 heterocycles. The van der Waals surface area contributed by atoms with Gasteiger partial charge in [-0.2, -0.15) is 0 Å². The smallest absolute Gasteiger partial charge is 0.320 e. The second kappa shape index (κ2) is 4.23. The third-order valence-electron chi connectivity index (χ3n) is 4.65. The molecule has 1 aliphatic heterocycles. The van der Waals surface area contributed by atoms with Gasteiger partial charge in [0.25, 0.3) is 0 Å². The van der Waals surface area contributed by atoms with Gasteiger partial charge < -0.3 is 4.90 Å². The molecule has 0 aromatic carbocycles. The van der Waals surface area contributed by atoms with E-state index in [0.29, 0.717) is 17.8 Å². The Morgan fingerprint density at radius 1 is 1.38 bits per heavy atom. The molecule has 1 saturated carbocycles. The summed E-state index contributed by atoms with van der Waals surface area (Å²) in [7, 11) is 0. The maximum Gasteiger partial charge on any atom is 0.323 e. The number of anilines is 1. The van der Waals surface area contributed by atoms with E-state index in [-0.39, 0.29) is 11.4 Å². The maximum absolute atomic E-state index is 12.5. The highest BCUT2D eigenvalue weighted by Gasteiger charge is 2.54. The minimum atomic E-state index is -0.0189. The van der Waals surface area contributed by atoms with Crippen LogP contribution in [0.15, 0.2) is 30.5 Å². The van der Waals surface area contributed by atoms with E-state index in [1.165, 1.54) is 12.8 Å². The summed E-state index contributed by atoms with van der Waals surface area (Å²) in [6.07, 6.45) is 4.39. The van der Waals surface area contributed by atoms with Crippen molar-refractivity contribution in [3.63, 3.8) is 0 Å². The molecule has 5 heteroatoms. The molecule has 1 unspecified atom stereocenters. The van der Waals surface area contributed by atoms with Crippen LogP contribution in [0.25, 0.3) is 5.52 Å². The zero-order valence-corrected chi connectivity index (χ0v) is 12.4. The summed E-state index contributed by atoms with van der Waals surface area (Å²) in [5, 5.41) is 7.31. The number of hydrogen-bond acceptors (Lipinski definition) is 2. The largest absolute Gasteiger partial charge is 0.323 e. The second-order valence-corrected chi connectivity index (χ2v) is 6.93. The van der Waals surface area contributed by atoms with Gasteiger partial charge in [0.05, 0.1) is 5.52 Å². The number of urea groups is 1. The average Bonchev–Trinajstić information content (AvgIpc) is 3.14. The van der Waals surface area contributed by atoms with Crippen molar-refractivity contribution in [2.75, 3.05) is 11.9 Å². The molecule has 1 atom stereocenters. The number of pyridine rings is 1. The van der Waals surface area contributed by atoms with Crippen LogP contribution in [-0.4, -0.2) is 33.1 Å². The fraction of sp³-hybridized carbons (Fsp3) is 0.500. The van der Waals surface area contributed by atoms with Gasteiger partial charge in [-0.25, -0.2) is 9.31 Å². The van der Waals surface area contributed by atoms with Crippen LogP contribution in [0.2, 0.25) is 0 Å². The Hall–Kier alpha value is -2.04. The lowest BCUT2D eigenvalue weighted by Gasteiger charge is -2.54. The van der Waals surface area contributed by atoms with E-state index >= 15 is 0 Å². The molecule has 21 heavy (non-hydrogen) atoms. The van der Waals surface area contributed by atoms with E-state index in [0.717, 1.165) is 12.1 Å². The van der Waals surface area contributed by atoms with Crippen molar-refractivity contribution < 1.29 is 4.79 Å². The Kier molecular flexibility index (Phi) is 2.55. The molecule has 2 amide bonds. The summed E-state index contributed by atoms with van der Waals surface area (Å²) < 4.78 is 1.77. The Morgan fingerprint density at radius 2 is 2.19 bits per heavy atom. The first-order valence-corrected chi connectivity index (χ1v) is 7.57. The van der Waals surface area contributed by atoms with Gasteiger partial charge in [0, 0.05) is 30.3 Å². The normalized spacial score (nSPS) is 23.9. The SMILES string of the molecule is CC1(C)CN(C(=O)Nc2cc3ccccn3n2)C1C1CC1. The molecule has 1 aliphatic carbocycles. The molecule has 5 nitrogen and oxygen atoms in total. The quantitative estimate of drug-likeness (QED) is 0.921. The highest BCUT2D eigenvalue weighted by molar-refractivity contribution is 5.90. The van der Waals surface area contributed by atoms with Gasteiger partial charge in [0.15, 0.2) is 5.82 Å². The summed E-state index contributed by atoms with van der Waals surface area (Å²) in [4.78, 5) is 14.4. The van der Waals surface area contributed by atoms with E-state index in [4.69, 9.17) is 0 Å². The molecule has 1 N–H and O–H groups in total. The number of carbonyl (C=O) groups excluding carboxylic acids is 1. The van der Waals surface area contributed by atoms with Crippen molar-refractivity contribution in [2.24, 2.45) is 11.3 Å². The lowest BCUT2D eigenvalue weighted by atomic mass is 9.72. The van der Waals surface area contributed by atoms with Crippen molar-refractivity contribution in [3.05, 3.63) is 30.5 Å². The standard InChI is InChI=1S/C16H20N4O/c1-16(2)10-19(14(16)11-6-7-11)15(21)17-13-9-12-5-3-4-8-20(12)18-13/h3-5,8-9,11,14H,6-7,10H2,1-2H3,(H,17,18,21). The Bertz CT molecular complexity index is 668. The van der Waals surface area contributed by atoms with Crippen LogP contribution in [-0.2, 0) is 0 Å². The van der Waals surface area contributed by atoms with Gasteiger partial charge in [-0.3, -0.25) is 5.32 Å². The summed E-state index contributed by atoms with van der Waals surface area (Å²) in [5.74, 6) is 1.31. The van der Waals surface area contributed by atoms with Crippen molar-refractivity contribution >= 4 is 17.4 Å². The second-order valence-electron chi connectivity index (χ2n) is 6.93. The first-order chi connectivity index (χ1) is 10.0. The Balaban J connectivity index is 1.50. The van der Waals surface area contributed by atoms with E-state index in [2.05, 4.69) is 24.3 Å². The molecular formula is C16H20N4O. The van der Waals surface area contributed by atoms with E-state index in [1.54, 1.807) is 4.52 Å². The van der Waals surface area contributed by atoms with Crippen LogP contribution in [0.5, 0.6) is 0 Å². The summed E-state index contributed by atoms with van der Waals surface area (Å²) in [5.41, 5.74) is 1.23. The number of aromatic nitrogens is 2. The zero-order valence-electron chi connectivity index (χ0n) is 12.4. The predicted octanol–water partition coefficient (Wildman–Crippen LogP) is 2.99. The van der Waals surface area contributed by atoms with Gasteiger partial charge in [0.2, 0.25) is 0 Å². The number of fused-ring (bicyclic) bond motifs is 1. The number of likely N-dealkylation sites (tertiary alicyclic amines) is 1. The van der Waals surface area contributed by atoms with Crippen LogP contribution >= 0.6 is 0 Å². The molecule has 110 valence electrons. The molecule has 0 radical (unpaired) electrons. The van der Waals surface area contributed by atoms with Crippen LogP contribution in [0.3, 0.4) is 0 Å². The molecular weight excluding hydrogens is 264 g/mol. The third-order valence-corrected chi connectivity index (χ3v) is 4.65. The highest BCUT2D eigenvalue weighted by Crippen LogP contribution is 2.50. The van der Waals surface area contributed by atoms with Crippen molar-refractivity contribution in [1.29, 1.82) is 0 Å². The van der Waals surface area contributed by atoms with Crippen LogP contribution < -0.4 is 5.32 Å². The summed E-state index contributed by atoms with van der Waals surface area (Å²) in [6.45, 7) is 5.34. The molecule has 4 rings (SSSR count). The van der Waals surface area contributed by atoms with Gasteiger partial charge >= 0.3 is 6.03 Å². The van der Waals surface area contributed by atoms with Crippen molar-refractivity contribution in [3.8, 4) is 0 Å². The Morgan fingerprint density at radius 3 is 2.86 bits per heavy atom. The molecule has 2 aromatic rings. The number of hydrogen-bond donors (Lipinski definition) is 1. The van der Waals surface area contributed by atoms with Crippen molar-refractivity contribution in [1.82, 2.24) is 14.5 Å². The molecule has 1 saturated heterocycles. The lowest BCUT2D eigenvalue weighted by molar-refractivity contribution is -0.0228. The minimum absolute atomic E-state index is 0.0189. The van der Waals surface area contributed by atoms with Crippen LogP contribution in [0.1, 0.15) is 26.7 Å². The fourth-order valence-electron chi connectivity index (χ4n) is 3.62. The minimum Gasteiger partial charge on any atom is -0.320 e. The summed E-state index contributed by atoms with van der Waals surface area (Å²) in [6, 6.07) is 8.12. The topological polar surface area (TPSA) is 49.6 Å². The van der Waals surface area contributed by atoms with E-state index < -0.39 is 0 Å². The monoisotopic (exact) mass is 284 g/mol. The third kappa shape index (κ3) is 2.07. The van der Waals surface area contributed by atoms with E-state index in [1.807, 2.05) is 35.4 Å². The first-order valence-electron chi connectivity index (χ1n) is 7.57. The molecule has 2 aromatic heterocycles. The van der Waals surface area contributed by atoms with Gasteiger partial charge in [-0.1, -0.05) is 19.9 Å². The number of rotatable bonds is 2. The molecule has 0 spiro atoms. The highest BCUT2D eigenvalue weighted by atomic mass is 16.2. The first kappa shape index (κ1) is 12.7. The number of amides is 2. The van der Waals surface area contributed by atoms with Gasteiger partial charge in [0.1, 0.15) is 0 Å². The molecule has 0 bridgehead atoms. The van der Waals surface area contributed by atoms with Crippen LogP contribution in [0.4, 0.5) is 10.6 Å². The van der Waals surface area contributed by atoms with Gasteiger partial charge in [-0.05, 0) is 30.9 Å². The molecule has 2 aliphatic rings. The lowest BCUT2D eigenvalue weighted by Crippen LogP contribution is -2.65. The maximum atomic E-state index is 12.5.